The van der Waals surface area contributed by atoms with Gasteiger partial charge in [-0.1, -0.05) is 12.1 Å². The minimum absolute atomic E-state index is 0.000772. The molecule has 1 aliphatic heterocycles. The van der Waals surface area contributed by atoms with E-state index in [1.54, 1.807) is 18.5 Å². The molecule has 0 bridgehead atoms. The Morgan fingerprint density at radius 3 is 2.87 bits per heavy atom. The number of carbonyl (C=O) groups is 1. The molecule has 4 heterocycles. The molecule has 1 N–H and O–H groups in total. The predicted molar refractivity (Wildman–Crippen MR) is 118 cm³/mol. The molecular weight excluding hydrogens is 388 g/mol. The second-order valence-corrected chi connectivity index (χ2v) is 8.12. The Hall–Kier alpha value is -3.61. The lowest BCUT2D eigenvalue weighted by atomic mass is 9.92. The third-order valence-electron chi connectivity index (χ3n) is 5.99. The summed E-state index contributed by atoms with van der Waals surface area (Å²) < 4.78 is 0. The van der Waals surface area contributed by atoms with E-state index in [4.69, 9.17) is 0 Å². The maximum atomic E-state index is 13.1. The second kappa shape index (κ2) is 8.63. The van der Waals surface area contributed by atoms with Gasteiger partial charge in [0.25, 0.3) is 5.91 Å². The predicted octanol–water partition coefficient (Wildman–Crippen LogP) is 3.90. The van der Waals surface area contributed by atoms with E-state index in [9.17, 15) is 4.79 Å². The highest BCUT2D eigenvalue weighted by Gasteiger charge is 2.23. The lowest BCUT2D eigenvalue weighted by Crippen LogP contribution is -2.32. The zero-order chi connectivity index (χ0) is 21.0. The molecule has 0 radical (unpaired) electrons. The summed E-state index contributed by atoms with van der Waals surface area (Å²) in [5.41, 5.74) is 4.40. The van der Waals surface area contributed by atoms with E-state index in [0.29, 0.717) is 17.3 Å². The van der Waals surface area contributed by atoms with Crippen LogP contribution >= 0.6 is 0 Å². The molecule has 1 atom stereocenters. The zero-order valence-corrected chi connectivity index (χ0v) is 17.2. The monoisotopic (exact) mass is 412 g/mol. The van der Waals surface area contributed by atoms with Crippen molar-refractivity contribution in [3.8, 4) is 11.3 Å². The summed E-state index contributed by atoms with van der Waals surface area (Å²) >= 11 is 0. The molecule has 1 fully saturated rings. The van der Waals surface area contributed by atoms with Gasteiger partial charge in [0.15, 0.2) is 0 Å². The Balaban J connectivity index is 1.25. The van der Waals surface area contributed by atoms with Crippen molar-refractivity contribution < 1.29 is 4.79 Å². The van der Waals surface area contributed by atoms with Crippen LogP contribution in [0.2, 0.25) is 0 Å². The maximum absolute atomic E-state index is 13.1. The van der Waals surface area contributed by atoms with Crippen molar-refractivity contribution in [2.24, 2.45) is 5.92 Å². The lowest BCUT2D eigenvalue weighted by molar-refractivity contribution is 0.0754. The van der Waals surface area contributed by atoms with Gasteiger partial charge in [-0.3, -0.25) is 9.89 Å². The standard InChI is InChI=1S/C24H24N6O/c31-24(23-5-1-4-21(28-23)20-13-25-16-26-14-20)30-9-2-3-17(8-10-30)11-18-6-7-22-19(12-18)15-27-29-22/h1,4-7,12-17H,2-3,8-11H2,(H,27,29)/t17-/m1/s1. The van der Waals surface area contributed by atoms with Crippen molar-refractivity contribution in [2.45, 2.75) is 25.7 Å². The highest BCUT2D eigenvalue weighted by molar-refractivity contribution is 5.92. The van der Waals surface area contributed by atoms with Crippen LogP contribution in [0.4, 0.5) is 0 Å². The molecule has 7 heteroatoms. The van der Waals surface area contributed by atoms with Crippen molar-refractivity contribution in [2.75, 3.05) is 13.1 Å². The number of fused-ring (bicyclic) bond motifs is 1. The first kappa shape index (κ1) is 19.4. The van der Waals surface area contributed by atoms with Gasteiger partial charge in [0.05, 0.1) is 17.4 Å². The fourth-order valence-electron chi connectivity index (χ4n) is 4.33. The molecule has 5 rings (SSSR count). The van der Waals surface area contributed by atoms with Crippen molar-refractivity contribution >= 4 is 16.8 Å². The normalized spacial score (nSPS) is 16.9. The molecule has 0 spiro atoms. The van der Waals surface area contributed by atoms with Crippen LogP contribution in [0.3, 0.4) is 0 Å². The van der Waals surface area contributed by atoms with E-state index in [1.165, 1.54) is 11.9 Å². The van der Waals surface area contributed by atoms with Crippen LogP contribution in [-0.2, 0) is 6.42 Å². The quantitative estimate of drug-likeness (QED) is 0.549. The molecule has 156 valence electrons. The number of hydrogen-bond donors (Lipinski definition) is 1. The minimum Gasteiger partial charge on any atom is -0.337 e. The Labute approximate surface area is 180 Å². The Bertz CT molecular complexity index is 1190. The molecule has 4 aromatic rings. The first-order valence-corrected chi connectivity index (χ1v) is 10.7. The van der Waals surface area contributed by atoms with E-state index >= 15 is 0 Å². The van der Waals surface area contributed by atoms with Crippen LogP contribution in [0.25, 0.3) is 22.2 Å². The van der Waals surface area contributed by atoms with Gasteiger partial charge in [-0.25, -0.2) is 15.0 Å². The fourth-order valence-corrected chi connectivity index (χ4v) is 4.33. The smallest absolute Gasteiger partial charge is 0.272 e. The van der Waals surface area contributed by atoms with Gasteiger partial charge >= 0.3 is 0 Å². The second-order valence-electron chi connectivity index (χ2n) is 8.12. The van der Waals surface area contributed by atoms with Gasteiger partial charge in [0.1, 0.15) is 12.0 Å². The number of benzene rings is 1. The molecule has 3 aromatic heterocycles. The number of amides is 1. The zero-order valence-electron chi connectivity index (χ0n) is 17.2. The molecule has 31 heavy (non-hydrogen) atoms. The number of likely N-dealkylation sites (tertiary alicyclic amines) is 1. The molecule has 0 saturated carbocycles. The summed E-state index contributed by atoms with van der Waals surface area (Å²) in [5, 5.41) is 8.26. The number of aromatic amines is 1. The minimum atomic E-state index is -0.000772. The topological polar surface area (TPSA) is 87.7 Å². The van der Waals surface area contributed by atoms with Gasteiger partial charge in [-0.05, 0) is 61.4 Å². The van der Waals surface area contributed by atoms with Crippen LogP contribution in [0.5, 0.6) is 0 Å². The molecule has 0 aliphatic carbocycles. The summed E-state index contributed by atoms with van der Waals surface area (Å²) in [6.07, 6.45) is 10.9. The van der Waals surface area contributed by atoms with Crippen LogP contribution in [0, 0.1) is 5.92 Å². The SMILES string of the molecule is O=C(c1cccc(-c2cncnc2)n1)N1CCC[C@@H](Cc2ccc3[nH]ncc3c2)CC1. The van der Waals surface area contributed by atoms with Crippen LogP contribution in [0.15, 0.2) is 61.3 Å². The molecule has 7 nitrogen and oxygen atoms in total. The number of nitrogens with zero attached hydrogens (tertiary/aromatic N) is 5. The number of carbonyl (C=O) groups excluding carboxylic acids is 1. The number of aromatic nitrogens is 5. The molecule has 1 amide bonds. The van der Waals surface area contributed by atoms with Crippen LogP contribution in [0.1, 0.15) is 35.3 Å². The molecule has 1 aromatic carbocycles. The van der Waals surface area contributed by atoms with Gasteiger partial charge in [0.2, 0.25) is 0 Å². The summed E-state index contributed by atoms with van der Waals surface area (Å²) in [4.78, 5) is 27.8. The van der Waals surface area contributed by atoms with E-state index in [1.807, 2.05) is 23.2 Å². The van der Waals surface area contributed by atoms with Crippen molar-refractivity contribution in [1.82, 2.24) is 30.0 Å². The van der Waals surface area contributed by atoms with Gasteiger partial charge in [-0.2, -0.15) is 5.10 Å². The summed E-state index contributed by atoms with van der Waals surface area (Å²) in [5.74, 6) is 0.571. The van der Waals surface area contributed by atoms with Gasteiger partial charge < -0.3 is 4.90 Å². The number of nitrogens with one attached hydrogen (secondary N) is 1. The third kappa shape index (κ3) is 4.30. The molecule has 1 aliphatic rings. The average Bonchev–Trinajstić information content (AvgIpc) is 3.17. The highest BCUT2D eigenvalue weighted by Crippen LogP contribution is 2.24. The summed E-state index contributed by atoms with van der Waals surface area (Å²) in [7, 11) is 0. The number of hydrogen-bond acceptors (Lipinski definition) is 5. The van der Waals surface area contributed by atoms with E-state index in [-0.39, 0.29) is 5.91 Å². The van der Waals surface area contributed by atoms with Crippen molar-refractivity contribution in [1.29, 1.82) is 0 Å². The summed E-state index contributed by atoms with van der Waals surface area (Å²) in [6, 6.07) is 12.0. The largest absolute Gasteiger partial charge is 0.337 e. The van der Waals surface area contributed by atoms with Gasteiger partial charge in [0, 0.05) is 36.4 Å². The van der Waals surface area contributed by atoms with E-state index in [0.717, 1.165) is 55.2 Å². The summed E-state index contributed by atoms with van der Waals surface area (Å²) in [6.45, 7) is 1.54. The Kier molecular flexibility index (Phi) is 5.39. The van der Waals surface area contributed by atoms with E-state index in [2.05, 4.69) is 43.3 Å². The number of H-pyrrole nitrogens is 1. The van der Waals surface area contributed by atoms with Crippen molar-refractivity contribution in [3.63, 3.8) is 0 Å². The average molecular weight is 412 g/mol. The van der Waals surface area contributed by atoms with Crippen LogP contribution in [-0.4, -0.2) is 49.0 Å². The Morgan fingerprint density at radius 2 is 1.97 bits per heavy atom. The lowest BCUT2D eigenvalue weighted by Gasteiger charge is -2.20. The van der Waals surface area contributed by atoms with Crippen LogP contribution < -0.4 is 0 Å². The van der Waals surface area contributed by atoms with Gasteiger partial charge in [-0.15, -0.1) is 0 Å². The number of rotatable bonds is 4. The fraction of sp³-hybridized carbons (Fsp3) is 0.292. The first-order chi connectivity index (χ1) is 15.3. The van der Waals surface area contributed by atoms with Crippen molar-refractivity contribution in [3.05, 3.63) is 72.6 Å². The molecule has 1 saturated heterocycles. The first-order valence-electron chi connectivity index (χ1n) is 10.7. The molecular formula is C24H24N6O. The number of pyridine rings is 1. The Morgan fingerprint density at radius 1 is 1.06 bits per heavy atom. The van der Waals surface area contributed by atoms with E-state index < -0.39 is 0 Å². The third-order valence-corrected chi connectivity index (χ3v) is 5.99. The maximum Gasteiger partial charge on any atom is 0.272 e. The highest BCUT2D eigenvalue weighted by atomic mass is 16.2. The molecule has 0 unspecified atom stereocenters.